The Balaban J connectivity index is 0.00000729. The fraction of sp³-hybridized carbons (Fsp3) is 0.737. The van der Waals surface area contributed by atoms with Crippen LogP contribution in [0.25, 0.3) is 0 Å². The van der Waals surface area contributed by atoms with Gasteiger partial charge in [0, 0.05) is 59.1 Å². The lowest BCUT2D eigenvalue weighted by molar-refractivity contribution is 0.0279. The van der Waals surface area contributed by atoms with Crippen molar-refractivity contribution < 1.29 is 9.53 Å². The summed E-state index contributed by atoms with van der Waals surface area (Å²) in [6.45, 7) is 12.5. The summed E-state index contributed by atoms with van der Waals surface area (Å²) in [5.74, 6) is 1.05. The van der Waals surface area contributed by atoms with Crippen molar-refractivity contribution in [3.63, 3.8) is 0 Å². The lowest BCUT2D eigenvalue weighted by Gasteiger charge is -2.26. The first kappa shape index (κ1) is 26.5. The molecule has 28 heavy (non-hydrogen) atoms. The zero-order chi connectivity index (χ0) is 20.6. The van der Waals surface area contributed by atoms with E-state index in [0.717, 1.165) is 24.6 Å². The summed E-state index contributed by atoms with van der Waals surface area (Å²) in [4.78, 5) is 20.5. The third kappa shape index (κ3) is 10.1. The van der Waals surface area contributed by atoms with E-state index in [-0.39, 0.29) is 36.0 Å². The number of aryl methyl sites for hydroxylation is 1. The van der Waals surface area contributed by atoms with E-state index in [1.165, 1.54) is 0 Å². The minimum absolute atomic E-state index is 0. The molecule has 0 fully saturated rings. The monoisotopic (exact) mass is 508 g/mol. The molecular weight excluding hydrogens is 471 g/mol. The molecule has 9 heteroatoms. The Bertz CT molecular complexity index is 626. The van der Waals surface area contributed by atoms with E-state index >= 15 is 0 Å². The number of carbonyl (C=O) groups excluding carboxylic acids is 1. The Morgan fingerprint density at radius 2 is 2.00 bits per heavy atom. The number of aliphatic imine (C=N–C) groups is 1. The lowest BCUT2D eigenvalue weighted by atomic mass is 10.2. The zero-order valence-electron chi connectivity index (χ0n) is 18.5. The number of halogens is 1. The fourth-order valence-corrected chi connectivity index (χ4v) is 2.55. The highest BCUT2D eigenvalue weighted by molar-refractivity contribution is 14.0. The molecule has 1 unspecified atom stereocenters. The minimum Gasteiger partial charge on any atom is -0.444 e. The number of hydrogen-bond acceptors (Lipinski definition) is 4. The van der Waals surface area contributed by atoms with Gasteiger partial charge in [-0.15, -0.1) is 24.0 Å². The van der Waals surface area contributed by atoms with Gasteiger partial charge in [-0.3, -0.25) is 9.67 Å². The van der Waals surface area contributed by atoms with Crippen LogP contribution in [0.2, 0.25) is 0 Å². The van der Waals surface area contributed by atoms with Crippen molar-refractivity contribution in [3.05, 3.63) is 18.0 Å². The maximum absolute atomic E-state index is 12.1. The van der Waals surface area contributed by atoms with Crippen LogP contribution in [0.4, 0.5) is 4.79 Å². The number of rotatable bonds is 7. The number of guanidine groups is 1. The van der Waals surface area contributed by atoms with Gasteiger partial charge >= 0.3 is 6.09 Å². The Morgan fingerprint density at radius 1 is 1.36 bits per heavy atom. The van der Waals surface area contributed by atoms with Crippen molar-refractivity contribution >= 4 is 36.0 Å². The Morgan fingerprint density at radius 3 is 2.50 bits per heavy atom. The van der Waals surface area contributed by atoms with Crippen molar-refractivity contribution in [1.29, 1.82) is 0 Å². The normalized spacial score (nSPS) is 12.8. The topological polar surface area (TPSA) is 75.0 Å². The van der Waals surface area contributed by atoms with Gasteiger partial charge < -0.3 is 19.9 Å². The first-order chi connectivity index (χ1) is 12.5. The molecule has 0 aliphatic heterocycles. The van der Waals surface area contributed by atoms with Crippen molar-refractivity contribution in [2.24, 2.45) is 18.0 Å². The molecule has 1 atom stereocenters. The van der Waals surface area contributed by atoms with Gasteiger partial charge in [-0.25, -0.2) is 4.79 Å². The molecule has 1 aromatic rings. The highest BCUT2D eigenvalue weighted by Crippen LogP contribution is 2.10. The van der Waals surface area contributed by atoms with Gasteiger partial charge in [0.15, 0.2) is 5.96 Å². The van der Waals surface area contributed by atoms with Crippen LogP contribution in [0.3, 0.4) is 0 Å². The quantitative estimate of drug-likeness (QED) is 0.348. The smallest absolute Gasteiger partial charge is 0.410 e. The molecule has 0 aliphatic rings. The fourth-order valence-electron chi connectivity index (χ4n) is 2.55. The number of carbonyl (C=O) groups is 1. The van der Waals surface area contributed by atoms with Gasteiger partial charge in [-0.05, 0) is 33.6 Å². The van der Waals surface area contributed by atoms with Gasteiger partial charge in [0.05, 0.1) is 6.20 Å². The van der Waals surface area contributed by atoms with Crippen LogP contribution in [-0.2, 0) is 18.3 Å². The summed E-state index contributed by atoms with van der Waals surface area (Å²) >= 11 is 0. The van der Waals surface area contributed by atoms with Crippen molar-refractivity contribution in [2.45, 2.75) is 46.8 Å². The maximum Gasteiger partial charge on any atom is 0.410 e. The predicted octanol–water partition coefficient (Wildman–Crippen LogP) is 2.94. The SMILES string of the molecule is CCNC(=NCC(C)CN(C)C(=O)OC(C)(C)C)N(C)Cc1cnn(C)c1.I. The van der Waals surface area contributed by atoms with E-state index in [9.17, 15) is 4.79 Å². The molecule has 1 amide bonds. The molecule has 0 saturated heterocycles. The van der Waals surface area contributed by atoms with E-state index in [4.69, 9.17) is 9.73 Å². The number of ether oxygens (including phenoxy) is 1. The number of amides is 1. The first-order valence-corrected chi connectivity index (χ1v) is 9.43. The molecule has 0 saturated carbocycles. The summed E-state index contributed by atoms with van der Waals surface area (Å²) in [5.41, 5.74) is 0.642. The number of nitrogens with zero attached hydrogens (tertiary/aromatic N) is 5. The van der Waals surface area contributed by atoms with Gasteiger partial charge in [0.2, 0.25) is 0 Å². The molecule has 0 spiro atoms. The molecule has 0 aliphatic carbocycles. The van der Waals surface area contributed by atoms with Gasteiger partial charge in [-0.2, -0.15) is 5.10 Å². The molecule has 1 rings (SSSR count). The van der Waals surface area contributed by atoms with Crippen molar-refractivity contribution in [2.75, 3.05) is 33.7 Å². The summed E-state index contributed by atoms with van der Waals surface area (Å²) < 4.78 is 7.19. The standard InChI is InChI=1S/C19H36N6O2.HI/c1-9-20-17(23(6)13-16-11-22-25(8)14-16)21-10-15(2)12-24(7)18(26)27-19(3,4)5;/h11,14-15H,9-10,12-13H2,1-8H3,(H,20,21);1H. The third-order valence-corrected chi connectivity index (χ3v) is 3.72. The predicted molar refractivity (Wildman–Crippen MR) is 124 cm³/mol. The molecule has 0 aromatic carbocycles. The van der Waals surface area contributed by atoms with Crippen molar-refractivity contribution in [3.8, 4) is 0 Å². The Labute approximate surface area is 186 Å². The van der Waals surface area contributed by atoms with Crippen LogP contribution in [0.15, 0.2) is 17.4 Å². The minimum atomic E-state index is -0.486. The molecule has 1 aromatic heterocycles. The summed E-state index contributed by atoms with van der Waals surface area (Å²) in [6.07, 6.45) is 3.55. The molecular formula is C19H37IN6O2. The summed E-state index contributed by atoms with van der Waals surface area (Å²) in [5, 5.41) is 7.52. The lowest BCUT2D eigenvalue weighted by Crippen LogP contribution is -2.39. The average Bonchev–Trinajstić information content (AvgIpc) is 2.94. The van der Waals surface area contributed by atoms with Crippen LogP contribution in [0, 0.1) is 5.92 Å². The summed E-state index contributed by atoms with van der Waals surface area (Å²) in [7, 11) is 5.67. The third-order valence-electron chi connectivity index (χ3n) is 3.72. The Hall–Kier alpha value is -1.52. The van der Waals surface area contributed by atoms with Gasteiger partial charge in [0.1, 0.15) is 5.60 Å². The number of hydrogen-bond donors (Lipinski definition) is 1. The van der Waals surface area contributed by atoms with Crippen LogP contribution in [0.1, 0.15) is 40.2 Å². The van der Waals surface area contributed by atoms with E-state index in [1.807, 2.05) is 54.2 Å². The van der Waals surface area contributed by atoms with Crippen LogP contribution >= 0.6 is 24.0 Å². The second kappa shape index (κ2) is 12.1. The van der Waals surface area contributed by atoms with Crippen LogP contribution < -0.4 is 5.32 Å². The van der Waals surface area contributed by atoms with E-state index in [2.05, 4.69) is 22.2 Å². The van der Waals surface area contributed by atoms with E-state index in [0.29, 0.717) is 13.1 Å². The average molecular weight is 508 g/mol. The highest BCUT2D eigenvalue weighted by atomic mass is 127. The van der Waals surface area contributed by atoms with Gasteiger partial charge in [0.25, 0.3) is 0 Å². The molecule has 8 nitrogen and oxygen atoms in total. The summed E-state index contributed by atoms with van der Waals surface area (Å²) in [6, 6.07) is 0. The van der Waals surface area contributed by atoms with Gasteiger partial charge in [-0.1, -0.05) is 6.92 Å². The number of aromatic nitrogens is 2. The Kier molecular flexibility index (Phi) is 11.5. The molecule has 1 heterocycles. The maximum atomic E-state index is 12.1. The first-order valence-electron chi connectivity index (χ1n) is 9.43. The molecule has 0 bridgehead atoms. The van der Waals surface area contributed by atoms with E-state index < -0.39 is 5.60 Å². The largest absolute Gasteiger partial charge is 0.444 e. The van der Waals surface area contributed by atoms with E-state index in [1.54, 1.807) is 16.6 Å². The second-order valence-corrected chi connectivity index (χ2v) is 8.04. The second-order valence-electron chi connectivity index (χ2n) is 8.04. The highest BCUT2D eigenvalue weighted by Gasteiger charge is 2.20. The molecule has 0 radical (unpaired) electrons. The number of nitrogens with one attached hydrogen (secondary N) is 1. The molecule has 162 valence electrons. The molecule has 1 N–H and O–H groups in total. The zero-order valence-corrected chi connectivity index (χ0v) is 20.9. The van der Waals surface area contributed by atoms with Crippen molar-refractivity contribution in [1.82, 2.24) is 24.9 Å². The van der Waals surface area contributed by atoms with Crippen LogP contribution in [-0.4, -0.2) is 71.0 Å². The van der Waals surface area contributed by atoms with Crippen LogP contribution in [0.5, 0.6) is 0 Å².